The van der Waals surface area contributed by atoms with E-state index in [9.17, 15) is 4.79 Å². The van der Waals surface area contributed by atoms with Crippen molar-refractivity contribution in [1.82, 2.24) is 15.2 Å². The van der Waals surface area contributed by atoms with Crippen LogP contribution >= 0.6 is 0 Å². The van der Waals surface area contributed by atoms with E-state index in [4.69, 9.17) is 11.1 Å². The highest BCUT2D eigenvalue weighted by Crippen LogP contribution is 2.00. The fourth-order valence-electron chi connectivity index (χ4n) is 1.38. The van der Waals surface area contributed by atoms with Gasteiger partial charge >= 0.3 is 6.03 Å². The van der Waals surface area contributed by atoms with Crippen molar-refractivity contribution in [1.29, 1.82) is 5.41 Å². The number of hydrogen-bond donors (Lipinski definition) is 3. The fraction of sp³-hybridized carbons (Fsp3) is 0.250. The summed E-state index contributed by atoms with van der Waals surface area (Å²) in [5, 5.41) is 9.97. The summed E-state index contributed by atoms with van der Waals surface area (Å²) in [6.45, 7) is 4.20. The highest BCUT2D eigenvalue weighted by Gasteiger charge is 2.14. The van der Waals surface area contributed by atoms with Crippen molar-refractivity contribution in [3.05, 3.63) is 42.7 Å². The molecule has 0 aliphatic carbocycles. The summed E-state index contributed by atoms with van der Waals surface area (Å²) in [6, 6.07) is 3.33. The minimum Gasteiger partial charge on any atom is -0.370 e. The zero-order chi connectivity index (χ0) is 13.4. The minimum absolute atomic E-state index is 0.273. The number of nitrogens with one attached hydrogen (secondary N) is 2. The van der Waals surface area contributed by atoms with Gasteiger partial charge in [0, 0.05) is 25.5 Å². The van der Waals surface area contributed by atoms with Gasteiger partial charge in [0.2, 0.25) is 0 Å². The minimum atomic E-state index is -0.392. The highest BCUT2D eigenvalue weighted by molar-refractivity contribution is 5.93. The second kappa shape index (κ2) is 7.05. The molecule has 1 aromatic rings. The van der Waals surface area contributed by atoms with Crippen molar-refractivity contribution >= 4 is 12.0 Å². The lowest BCUT2D eigenvalue weighted by Crippen LogP contribution is -2.47. The lowest BCUT2D eigenvalue weighted by molar-refractivity contribution is 0.221. The highest BCUT2D eigenvalue weighted by atomic mass is 16.2. The molecule has 2 amide bonds. The van der Waals surface area contributed by atoms with Gasteiger partial charge in [0.15, 0.2) is 5.96 Å². The van der Waals surface area contributed by atoms with Gasteiger partial charge in [-0.1, -0.05) is 6.08 Å². The van der Waals surface area contributed by atoms with Crippen LogP contribution in [0.3, 0.4) is 0 Å². The van der Waals surface area contributed by atoms with Crippen molar-refractivity contribution < 1.29 is 4.79 Å². The van der Waals surface area contributed by atoms with Gasteiger partial charge in [-0.25, -0.2) is 4.79 Å². The predicted octanol–water partition coefficient (Wildman–Crippen LogP) is 0.715. The van der Waals surface area contributed by atoms with E-state index in [0.29, 0.717) is 19.5 Å². The first-order chi connectivity index (χ1) is 8.65. The Morgan fingerprint density at radius 3 is 2.78 bits per heavy atom. The summed E-state index contributed by atoms with van der Waals surface area (Å²) in [5.41, 5.74) is 6.42. The lowest BCUT2D eigenvalue weighted by atomic mass is 10.2. The maximum atomic E-state index is 11.7. The zero-order valence-electron chi connectivity index (χ0n) is 10.1. The van der Waals surface area contributed by atoms with E-state index in [1.165, 1.54) is 4.90 Å². The summed E-state index contributed by atoms with van der Waals surface area (Å²) in [7, 11) is 0. The van der Waals surface area contributed by atoms with Gasteiger partial charge in [0.05, 0.1) is 0 Å². The summed E-state index contributed by atoms with van der Waals surface area (Å²) < 4.78 is 0. The van der Waals surface area contributed by atoms with Crippen LogP contribution in [0.2, 0.25) is 0 Å². The topological polar surface area (TPSA) is 95.1 Å². The Hall–Kier alpha value is -2.37. The second-order valence-electron chi connectivity index (χ2n) is 3.62. The molecule has 4 N–H and O–H groups in total. The van der Waals surface area contributed by atoms with E-state index in [1.807, 2.05) is 12.1 Å². The van der Waals surface area contributed by atoms with E-state index in [-0.39, 0.29) is 5.96 Å². The first kappa shape index (κ1) is 13.7. The molecule has 0 saturated carbocycles. The van der Waals surface area contributed by atoms with Crippen LogP contribution < -0.4 is 11.1 Å². The van der Waals surface area contributed by atoms with E-state index in [0.717, 1.165) is 5.56 Å². The smallest absolute Gasteiger partial charge is 0.324 e. The van der Waals surface area contributed by atoms with Crippen LogP contribution in [-0.4, -0.2) is 35.0 Å². The number of carbonyl (C=O) groups excluding carboxylic acids is 1. The summed E-state index contributed by atoms with van der Waals surface area (Å²) in [4.78, 5) is 16.8. The molecule has 0 spiro atoms. The molecule has 0 aromatic carbocycles. The van der Waals surface area contributed by atoms with Gasteiger partial charge in [-0.2, -0.15) is 0 Å². The monoisotopic (exact) mass is 247 g/mol. The van der Waals surface area contributed by atoms with E-state index in [1.54, 1.807) is 18.5 Å². The van der Waals surface area contributed by atoms with Crippen LogP contribution in [-0.2, 0) is 6.42 Å². The number of pyridine rings is 1. The van der Waals surface area contributed by atoms with Gasteiger partial charge in [-0.15, -0.1) is 6.58 Å². The summed E-state index contributed by atoms with van der Waals surface area (Å²) in [5.74, 6) is -0.273. The number of aromatic nitrogens is 1. The molecule has 0 saturated heterocycles. The van der Waals surface area contributed by atoms with Crippen molar-refractivity contribution in [2.24, 2.45) is 5.73 Å². The number of nitrogens with zero attached hydrogens (tertiary/aromatic N) is 2. The lowest BCUT2D eigenvalue weighted by Gasteiger charge is -2.20. The summed E-state index contributed by atoms with van der Waals surface area (Å²) in [6.07, 6.45) is 5.55. The second-order valence-corrected chi connectivity index (χ2v) is 3.62. The molecule has 0 radical (unpaired) electrons. The zero-order valence-corrected chi connectivity index (χ0v) is 10.1. The Morgan fingerprint density at radius 2 is 2.22 bits per heavy atom. The van der Waals surface area contributed by atoms with Crippen LogP contribution in [0.4, 0.5) is 4.79 Å². The molecule has 0 bridgehead atoms. The number of carbonyl (C=O) groups is 1. The molecule has 1 rings (SSSR count). The molecule has 0 unspecified atom stereocenters. The van der Waals surface area contributed by atoms with Crippen molar-refractivity contribution in [2.75, 3.05) is 13.1 Å². The Balaban J connectivity index is 2.55. The Kier molecular flexibility index (Phi) is 5.37. The predicted molar refractivity (Wildman–Crippen MR) is 70.2 cm³/mol. The standard InChI is InChI=1S/C12H17N5O/c1-2-6-16-12(18)17(11(13)14)9-5-10-3-7-15-8-4-10/h2-4,7-8H,1,5-6,9H2,(H3,13,14)(H,16,18). The number of guanidine groups is 1. The van der Waals surface area contributed by atoms with Gasteiger partial charge < -0.3 is 11.1 Å². The average Bonchev–Trinajstić information content (AvgIpc) is 2.37. The van der Waals surface area contributed by atoms with E-state index >= 15 is 0 Å². The van der Waals surface area contributed by atoms with Crippen LogP contribution in [0.5, 0.6) is 0 Å². The van der Waals surface area contributed by atoms with Gasteiger partial charge in [0.25, 0.3) is 0 Å². The normalized spacial score (nSPS) is 9.56. The third-order valence-electron chi connectivity index (χ3n) is 2.31. The van der Waals surface area contributed by atoms with Crippen LogP contribution in [0.25, 0.3) is 0 Å². The van der Waals surface area contributed by atoms with Crippen molar-refractivity contribution in [2.45, 2.75) is 6.42 Å². The number of amides is 2. The van der Waals surface area contributed by atoms with Gasteiger partial charge in [-0.05, 0) is 24.1 Å². The molecule has 18 heavy (non-hydrogen) atoms. The first-order valence-electron chi connectivity index (χ1n) is 5.54. The SMILES string of the molecule is C=CCNC(=O)N(CCc1ccncc1)C(=N)N. The Bertz CT molecular complexity index is 418. The molecular formula is C12H17N5O. The molecule has 6 heteroatoms. The number of nitrogens with two attached hydrogens (primary N) is 1. The maximum absolute atomic E-state index is 11.7. The molecule has 0 aliphatic heterocycles. The molecule has 0 aliphatic rings. The van der Waals surface area contributed by atoms with Crippen LogP contribution in [0.15, 0.2) is 37.2 Å². The third-order valence-corrected chi connectivity index (χ3v) is 2.31. The molecule has 0 atom stereocenters. The van der Waals surface area contributed by atoms with Crippen LogP contribution in [0.1, 0.15) is 5.56 Å². The number of urea groups is 1. The van der Waals surface area contributed by atoms with E-state index < -0.39 is 6.03 Å². The number of rotatable bonds is 5. The molecule has 6 nitrogen and oxygen atoms in total. The fourth-order valence-corrected chi connectivity index (χ4v) is 1.38. The average molecular weight is 247 g/mol. The quantitative estimate of drug-likeness (QED) is 0.406. The Morgan fingerprint density at radius 1 is 1.56 bits per heavy atom. The van der Waals surface area contributed by atoms with Crippen molar-refractivity contribution in [3.63, 3.8) is 0 Å². The third kappa shape index (κ3) is 4.25. The molecule has 0 fully saturated rings. The van der Waals surface area contributed by atoms with Gasteiger partial charge in [-0.3, -0.25) is 15.3 Å². The van der Waals surface area contributed by atoms with E-state index in [2.05, 4.69) is 16.9 Å². The molecule has 96 valence electrons. The first-order valence-corrected chi connectivity index (χ1v) is 5.54. The van der Waals surface area contributed by atoms with Crippen molar-refractivity contribution in [3.8, 4) is 0 Å². The summed E-state index contributed by atoms with van der Waals surface area (Å²) >= 11 is 0. The largest absolute Gasteiger partial charge is 0.370 e. The molecule has 1 heterocycles. The number of hydrogen-bond acceptors (Lipinski definition) is 3. The Labute approximate surface area is 106 Å². The molecule has 1 aromatic heterocycles. The molecular weight excluding hydrogens is 230 g/mol. The van der Waals surface area contributed by atoms with Crippen LogP contribution in [0, 0.1) is 5.41 Å². The van der Waals surface area contributed by atoms with Gasteiger partial charge in [0.1, 0.15) is 0 Å². The maximum Gasteiger partial charge on any atom is 0.324 e.